The van der Waals surface area contributed by atoms with Gasteiger partial charge in [0, 0.05) is 23.6 Å². The smallest absolute Gasteiger partial charge is 0.271 e. The molecule has 0 radical (unpaired) electrons. The molecule has 0 saturated carbocycles. The number of quaternary nitrogens is 1. The van der Waals surface area contributed by atoms with Gasteiger partial charge in [-0.3, -0.25) is 4.99 Å². The molecule has 0 aliphatic carbocycles. The SMILES string of the molecule is CC1=NN=C2CN=C(c3ccc(Cl)cc3)c3ccccc3[N+]12C(=O)NN. The highest BCUT2D eigenvalue weighted by molar-refractivity contribution is 6.33. The number of para-hydroxylation sites is 1. The van der Waals surface area contributed by atoms with E-state index in [0.29, 0.717) is 22.4 Å². The van der Waals surface area contributed by atoms with Gasteiger partial charge in [-0.25, -0.2) is 16.1 Å². The second-order valence-corrected chi connectivity index (χ2v) is 6.41. The average Bonchev–Trinajstić information content (AvgIpc) is 2.91. The number of amidine groups is 2. The van der Waals surface area contributed by atoms with Crippen molar-refractivity contribution in [2.24, 2.45) is 21.0 Å². The molecule has 0 bridgehead atoms. The number of amides is 2. The van der Waals surface area contributed by atoms with Crippen molar-refractivity contribution < 1.29 is 4.79 Å². The number of fused-ring (bicyclic) bond motifs is 3. The summed E-state index contributed by atoms with van der Waals surface area (Å²) in [5.74, 6) is 6.53. The van der Waals surface area contributed by atoms with Gasteiger partial charge < -0.3 is 0 Å². The molecule has 26 heavy (non-hydrogen) atoms. The van der Waals surface area contributed by atoms with Crippen LogP contribution in [0.15, 0.2) is 63.7 Å². The van der Waals surface area contributed by atoms with E-state index >= 15 is 0 Å². The molecular formula is C18H16ClN6O+. The third-order valence-electron chi connectivity index (χ3n) is 4.63. The Morgan fingerprint density at radius 2 is 1.88 bits per heavy atom. The van der Waals surface area contributed by atoms with Gasteiger partial charge in [-0.1, -0.05) is 46.1 Å². The van der Waals surface area contributed by atoms with Crippen LogP contribution in [-0.2, 0) is 0 Å². The quantitative estimate of drug-likeness (QED) is 0.351. The molecule has 2 amide bonds. The highest BCUT2D eigenvalue weighted by Gasteiger charge is 2.54. The van der Waals surface area contributed by atoms with E-state index in [4.69, 9.17) is 22.4 Å². The molecule has 2 aromatic carbocycles. The summed E-state index contributed by atoms with van der Waals surface area (Å²) >= 11 is 6.02. The summed E-state index contributed by atoms with van der Waals surface area (Å²) in [7, 11) is 0. The Bertz CT molecular complexity index is 995. The van der Waals surface area contributed by atoms with Gasteiger partial charge in [0.1, 0.15) is 6.54 Å². The third kappa shape index (κ3) is 2.22. The average molecular weight is 368 g/mol. The zero-order chi connectivity index (χ0) is 18.3. The Hall–Kier alpha value is -2.87. The molecule has 4 rings (SSSR count). The van der Waals surface area contributed by atoms with Crippen LogP contribution in [0.2, 0.25) is 5.02 Å². The molecule has 7 nitrogen and oxygen atoms in total. The molecule has 0 spiro atoms. The third-order valence-corrected chi connectivity index (χ3v) is 4.88. The zero-order valence-electron chi connectivity index (χ0n) is 14.0. The fourth-order valence-electron chi connectivity index (χ4n) is 3.43. The van der Waals surface area contributed by atoms with Crippen molar-refractivity contribution in [2.75, 3.05) is 6.54 Å². The van der Waals surface area contributed by atoms with Crippen molar-refractivity contribution in [2.45, 2.75) is 6.92 Å². The maximum atomic E-state index is 12.9. The van der Waals surface area contributed by atoms with Crippen LogP contribution in [0.25, 0.3) is 0 Å². The van der Waals surface area contributed by atoms with Crippen LogP contribution in [0.4, 0.5) is 10.5 Å². The highest BCUT2D eigenvalue weighted by Crippen LogP contribution is 2.36. The van der Waals surface area contributed by atoms with Gasteiger partial charge in [0.25, 0.3) is 5.84 Å². The minimum absolute atomic E-state index is 0.223. The first-order valence-corrected chi connectivity index (χ1v) is 8.39. The molecule has 2 aliphatic rings. The summed E-state index contributed by atoms with van der Waals surface area (Å²) in [6.07, 6.45) is 0. The number of halogens is 1. The normalized spacial score (nSPS) is 21.0. The lowest BCUT2D eigenvalue weighted by Crippen LogP contribution is -2.65. The number of carbonyl (C=O) groups excluding carboxylic acids is 1. The van der Waals surface area contributed by atoms with Crippen molar-refractivity contribution in [1.82, 2.24) is 9.91 Å². The summed E-state index contributed by atoms with van der Waals surface area (Å²) in [4.78, 5) is 17.6. The van der Waals surface area contributed by atoms with E-state index in [1.807, 2.05) is 48.5 Å². The molecule has 1 atom stereocenters. The van der Waals surface area contributed by atoms with Gasteiger partial charge in [0.15, 0.2) is 5.69 Å². The summed E-state index contributed by atoms with van der Waals surface area (Å²) in [6, 6.07) is 14.6. The molecule has 2 heterocycles. The first-order valence-electron chi connectivity index (χ1n) is 8.02. The molecule has 8 heteroatoms. The molecule has 0 saturated heterocycles. The van der Waals surface area contributed by atoms with Gasteiger partial charge in [-0.15, -0.1) is 4.48 Å². The number of nitrogens with one attached hydrogen (secondary N) is 1. The van der Waals surface area contributed by atoms with Gasteiger partial charge >= 0.3 is 6.03 Å². The number of aliphatic imine (C=N–C) groups is 1. The molecule has 3 N–H and O–H groups in total. The molecule has 2 aromatic rings. The highest BCUT2D eigenvalue weighted by atomic mass is 35.5. The van der Waals surface area contributed by atoms with Crippen LogP contribution >= 0.6 is 11.6 Å². The van der Waals surface area contributed by atoms with E-state index in [1.54, 1.807) is 6.92 Å². The lowest BCUT2D eigenvalue weighted by molar-refractivity contribution is 0.233. The zero-order valence-corrected chi connectivity index (χ0v) is 14.7. The molecule has 1 unspecified atom stereocenters. The minimum Gasteiger partial charge on any atom is -0.271 e. The number of rotatable bonds is 1. The number of carbonyl (C=O) groups is 1. The van der Waals surface area contributed by atoms with Gasteiger partial charge in [-0.05, 0) is 18.2 Å². The molecule has 0 aromatic heterocycles. The fourth-order valence-corrected chi connectivity index (χ4v) is 3.55. The van der Waals surface area contributed by atoms with Gasteiger partial charge in [0.2, 0.25) is 5.84 Å². The topological polar surface area (TPSA) is 92.2 Å². The number of hydrogen-bond acceptors (Lipinski definition) is 5. The van der Waals surface area contributed by atoms with Crippen LogP contribution < -0.4 is 15.8 Å². The van der Waals surface area contributed by atoms with Crippen LogP contribution in [-0.4, -0.2) is 30.0 Å². The monoisotopic (exact) mass is 367 g/mol. The Morgan fingerprint density at radius 3 is 2.62 bits per heavy atom. The summed E-state index contributed by atoms with van der Waals surface area (Å²) in [5.41, 5.74) is 5.46. The van der Waals surface area contributed by atoms with Crippen molar-refractivity contribution >= 4 is 40.7 Å². The van der Waals surface area contributed by atoms with Crippen molar-refractivity contribution in [1.29, 1.82) is 0 Å². The number of hydrogen-bond donors (Lipinski definition) is 2. The summed E-state index contributed by atoms with van der Waals surface area (Å²) in [6.45, 7) is 1.98. The number of nitrogens with two attached hydrogens (primary N) is 1. The largest absolute Gasteiger partial charge is 0.448 e. The predicted molar refractivity (Wildman–Crippen MR) is 103 cm³/mol. The summed E-state index contributed by atoms with van der Waals surface area (Å²) in [5, 5.41) is 9.01. The molecular weight excluding hydrogens is 352 g/mol. The standard InChI is InChI=1S/C18H15ClN6O/c1-11-23-24-16-10-21-17(12-6-8-13(19)9-7-12)14-4-2-3-5-15(14)25(11,16)18(26)22-20/h2-9H,10,20H2,1H3/p+1. The Morgan fingerprint density at radius 1 is 1.15 bits per heavy atom. The maximum Gasteiger partial charge on any atom is 0.448 e. The van der Waals surface area contributed by atoms with Crippen molar-refractivity contribution in [3.8, 4) is 0 Å². The first kappa shape index (κ1) is 16.6. The lowest BCUT2D eigenvalue weighted by Gasteiger charge is -2.29. The van der Waals surface area contributed by atoms with Crippen LogP contribution in [0.5, 0.6) is 0 Å². The van der Waals surface area contributed by atoms with E-state index in [2.05, 4.69) is 15.6 Å². The Labute approximate surface area is 155 Å². The number of urea groups is 1. The molecule has 0 fully saturated rings. The fraction of sp³-hybridized carbons (Fsp3) is 0.111. The van der Waals surface area contributed by atoms with E-state index in [1.165, 1.54) is 0 Å². The molecule has 130 valence electrons. The minimum atomic E-state index is -0.428. The van der Waals surface area contributed by atoms with E-state index < -0.39 is 6.03 Å². The van der Waals surface area contributed by atoms with Crippen LogP contribution in [0, 0.1) is 0 Å². The summed E-state index contributed by atoms with van der Waals surface area (Å²) < 4.78 is -0.284. The van der Waals surface area contributed by atoms with Crippen molar-refractivity contribution in [3.05, 3.63) is 64.7 Å². The number of hydrazine groups is 1. The second-order valence-electron chi connectivity index (χ2n) is 5.97. The van der Waals surface area contributed by atoms with E-state index in [-0.39, 0.29) is 11.0 Å². The number of benzene rings is 2. The van der Waals surface area contributed by atoms with Gasteiger partial charge in [-0.2, -0.15) is 0 Å². The Balaban J connectivity index is 1.99. The van der Waals surface area contributed by atoms with E-state index in [0.717, 1.165) is 16.8 Å². The number of nitrogens with zero attached hydrogens (tertiary/aromatic N) is 4. The maximum absolute atomic E-state index is 12.9. The Kier molecular flexibility index (Phi) is 3.91. The first-order chi connectivity index (χ1) is 12.6. The lowest BCUT2D eigenvalue weighted by atomic mass is 9.99. The van der Waals surface area contributed by atoms with E-state index in [9.17, 15) is 4.79 Å². The predicted octanol–water partition coefficient (Wildman–Crippen LogP) is 2.83. The van der Waals surface area contributed by atoms with Crippen LogP contribution in [0.3, 0.4) is 0 Å². The van der Waals surface area contributed by atoms with Crippen LogP contribution in [0.1, 0.15) is 18.1 Å². The van der Waals surface area contributed by atoms with Crippen molar-refractivity contribution in [3.63, 3.8) is 0 Å². The van der Waals surface area contributed by atoms with Gasteiger partial charge in [0.05, 0.1) is 11.3 Å². The second kappa shape index (κ2) is 6.14. The molecule has 2 aliphatic heterocycles.